The van der Waals surface area contributed by atoms with Gasteiger partial charge in [-0.25, -0.2) is 0 Å². The highest BCUT2D eigenvalue weighted by atomic mass is 16.7. The van der Waals surface area contributed by atoms with Crippen LogP contribution in [0.3, 0.4) is 0 Å². The Hall–Kier alpha value is -2.75. The van der Waals surface area contributed by atoms with Crippen LogP contribution in [0.15, 0.2) is 42.0 Å². The first-order chi connectivity index (χ1) is 13.8. The van der Waals surface area contributed by atoms with Crippen LogP contribution in [0.5, 0.6) is 11.5 Å². The molecule has 4 heteroatoms. The lowest BCUT2D eigenvalue weighted by molar-refractivity contribution is -0.118. The van der Waals surface area contributed by atoms with Crippen LogP contribution in [-0.2, 0) is 16.6 Å². The van der Waals surface area contributed by atoms with E-state index in [4.69, 9.17) is 9.47 Å². The predicted octanol–water partition coefficient (Wildman–Crippen LogP) is 5.46. The zero-order valence-electron chi connectivity index (χ0n) is 17.5. The standard InChI is InChI=1S/C25H27NO3/c1-15-19-13-18(7-5-16(19)11-20(15)24(2,3)4)26-23(27)25(9-10-25)17-6-8-21-22(12-17)29-14-28-21/h5-8,12-13H,9-11,14H2,1-4H3,(H,26,27). The highest BCUT2D eigenvalue weighted by Crippen LogP contribution is 2.51. The zero-order chi connectivity index (χ0) is 20.4. The maximum absolute atomic E-state index is 13.2. The van der Waals surface area contributed by atoms with Crippen molar-refractivity contribution in [3.8, 4) is 11.5 Å². The van der Waals surface area contributed by atoms with Crippen molar-refractivity contribution in [2.45, 2.75) is 52.4 Å². The molecule has 1 heterocycles. The normalized spacial score (nSPS) is 18.6. The third-order valence-corrected chi connectivity index (χ3v) is 6.61. The van der Waals surface area contributed by atoms with E-state index in [2.05, 4.69) is 45.1 Å². The monoisotopic (exact) mass is 389 g/mol. The van der Waals surface area contributed by atoms with Gasteiger partial charge in [-0.1, -0.05) is 38.5 Å². The number of fused-ring (bicyclic) bond motifs is 2. The molecule has 1 N–H and O–H groups in total. The van der Waals surface area contributed by atoms with Gasteiger partial charge in [0.25, 0.3) is 0 Å². The maximum atomic E-state index is 13.2. The molecule has 29 heavy (non-hydrogen) atoms. The minimum atomic E-state index is -0.457. The molecule has 1 saturated carbocycles. The summed E-state index contributed by atoms with van der Waals surface area (Å²) in [5, 5.41) is 3.18. The van der Waals surface area contributed by atoms with Gasteiger partial charge >= 0.3 is 0 Å². The Kier molecular flexibility index (Phi) is 3.86. The van der Waals surface area contributed by atoms with Crippen LogP contribution >= 0.6 is 0 Å². The van der Waals surface area contributed by atoms with Crippen molar-refractivity contribution in [3.63, 3.8) is 0 Å². The third-order valence-electron chi connectivity index (χ3n) is 6.61. The molecule has 5 rings (SSSR count). The lowest BCUT2D eigenvalue weighted by atomic mass is 9.83. The van der Waals surface area contributed by atoms with Crippen LogP contribution in [0.2, 0.25) is 0 Å². The molecule has 3 aliphatic rings. The van der Waals surface area contributed by atoms with Crippen molar-refractivity contribution in [3.05, 3.63) is 58.7 Å². The number of nitrogens with one attached hydrogen (secondary N) is 1. The van der Waals surface area contributed by atoms with Crippen molar-refractivity contribution < 1.29 is 14.3 Å². The van der Waals surface area contributed by atoms with E-state index in [1.807, 2.05) is 24.3 Å². The molecule has 0 radical (unpaired) electrons. The second-order valence-corrected chi connectivity index (χ2v) is 9.51. The maximum Gasteiger partial charge on any atom is 0.235 e. The molecule has 0 unspecified atom stereocenters. The van der Waals surface area contributed by atoms with Crippen molar-refractivity contribution in [2.24, 2.45) is 5.41 Å². The van der Waals surface area contributed by atoms with E-state index in [9.17, 15) is 4.79 Å². The van der Waals surface area contributed by atoms with E-state index < -0.39 is 5.41 Å². The number of hydrogen-bond acceptors (Lipinski definition) is 3. The molecule has 0 spiro atoms. The number of benzene rings is 2. The molecule has 4 nitrogen and oxygen atoms in total. The molecule has 2 aromatic rings. The lowest BCUT2D eigenvalue weighted by Crippen LogP contribution is -2.27. The number of hydrogen-bond donors (Lipinski definition) is 1. The molecule has 1 fully saturated rings. The fraction of sp³-hybridized carbons (Fsp3) is 0.400. The summed E-state index contributed by atoms with van der Waals surface area (Å²) in [5.41, 5.74) is 7.02. The van der Waals surface area contributed by atoms with Crippen LogP contribution in [0.4, 0.5) is 5.69 Å². The molecule has 0 saturated heterocycles. The van der Waals surface area contributed by atoms with Gasteiger partial charge in [0.05, 0.1) is 5.41 Å². The van der Waals surface area contributed by atoms with E-state index in [-0.39, 0.29) is 18.1 Å². The van der Waals surface area contributed by atoms with E-state index >= 15 is 0 Å². The average molecular weight is 389 g/mol. The fourth-order valence-electron chi connectivity index (χ4n) is 4.69. The molecule has 1 amide bonds. The third kappa shape index (κ3) is 2.93. The minimum Gasteiger partial charge on any atom is -0.454 e. The number of ether oxygens (including phenoxy) is 2. The quantitative estimate of drug-likeness (QED) is 0.758. The lowest BCUT2D eigenvalue weighted by Gasteiger charge is -2.21. The summed E-state index contributed by atoms with van der Waals surface area (Å²) in [5.74, 6) is 1.54. The Morgan fingerprint density at radius 2 is 1.79 bits per heavy atom. The second-order valence-electron chi connectivity index (χ2n) is 9.51. The van der Waals surface area contributed by atoms with Gasteiger partial charge in [0.15, 0.2) is 11.5 Å². The van der Waals surface area contributed by atoms with Gasteiger partial charge in [-0.15, -0.1) is 0 Å². The molecule has 2 aromatic carbocycles. The summed E-state index contributed by atoms with van der Waals surface area (Å²) < 4.78 is 10.9. The number of carbonyl (C=O) groups is 1. The fourth-order valence-corrected chi connectivity index (χ4v) is 4.69. The molecular weight excluding hydrogens is 362 g/mol. The first-order valence-corrected chi connectivity index (χ1v) is 10.3. The van der Waals surface area contributed by atoms with Crippen LogP contribution in [0.1, 0.15) is 57.2 Å². The van der Waals surface area contributed by atoms with Crippen molar-refractivity contribution >= 4 is 17.2 Å². The number of rotatable bonds is 3. The van der Waals surface area contributed by atoms with Gasteiger partial charge in [0.1, 0.15) is 0 Å². The van der Waals surface area contributed by atoms with Gasteiger partial charge in [-0.2, -0.15) is 0 Å². The number of amides is 1. The summed E-state index contributed by atoms with van der Waals surface area (Å²) in [6.07, 6.45) is 2.72. The summed E-state index contributed by atoms with van der Waals surface area (Å²) in [7, 11) is 0. The second kappa shape index (κ2) is 6.12. The molecule has 0 bridgehead atoms. The van der Waals surface area contributed by atoms with E-state index in [1.165, 1.54) is 22.3 Å². The van der Waals surface area contributed by atoms with E-state index in [1.54, 1.807) is 0 Å². The van der Waals surface area contributed by atoms with Crippen LogP contribution in [-0.4, -0.2) is 12.7 Å². The highest BCUT2D eigenvalue weighted by molar-refractivity contribution is 6.02. The first-order valence-electron chi connectivity index (χ1n) is 10.3. The first kappa shape index (κ1) is 18.3. The van der Waals surface area contributed by atoms with Crippen molar-refractivity contribution in [1.29, 1.82) is 0 Å². The predicted molar refractivity (Wildman–Crippen MR) is 114 cm³/mol. The molecule has 150 valence electrons. The number of carbonyl (C=O) groups excluding carboxylic acids is 1. The number of allylic oxidation sites excluding steroid dienone is 2. The molecular formula is C25H27NO3. The smallest absolute Gasteiger partial charge is 0.235 e. The Balaban J connectivity index is 1.40. The summed E-state index contributed by atoms with van der Waals surface area (Å²) in [4.78, 5) is 13.2. The Bertz CT molecular complexity index is 1050. The molecule has 0 aromatic heterocycles. The van der Waals surface area contributed by atoms with Crippen molar-refractivity contribution in [1.82, 2.24) is 0 Å². The Morgan fingerprint density at radius 3 is 2.52 bits per heavy atom. The topological polar surface area (TPSA) is 47.6 Å². The van der Waals surface area contributed by atoms with Crippen LogP contribution in [0, 0.1) is 5.41 Å². The SMILES string of the molecule is CC1=C(C(C)(C)C)Cc2ccc(NC(=O)C3(c4ccc5c(c4)OCO5)CC3)cc21. The van der Waals surface area contributed by atoms with Gasteiger partial charge in [-0.05, 0) is 78.1 Å². The summed E-state index contributed by atoms with van der Waals surface area (Å²) in [6.45, 7) is 9.25. The van der Waals surface area contributed by atoms with Gasteiger partial charge in [0, 0.05) is 5.69 Å². The van der Waals surface area contributed by atoms with Gasteiger partial charge < -0.3 is 14.8 Å². The Labute approximate surface area is 171 Å². The molecule has 1 aliphatic heterocycles. The van der Waals surface area contributed by atoms with Gasteiger partial charge in [0.2, 0.25) is 12.7 Å². The summed E-state index contributed by atoms with van der Waals surface area (Å²) in [6, 6.07) is 12.2. The minimum absolute atomic E-state index is 0.0620. The number of anilines is 1. The van der Waals surface area contributed by atoms with Crippen molar-refractivity contribution in [2.75, 3.05) is 12.1 Å². The average Bonchev–Trinajstić information content (AvgIpc) is 3.24. The molecule has 2 aliphatic carbocycles. The zero-order valence-corrected chi connectivity index (χ0v) is 17.5. The summed E-state index contributed by atoms with van der Waals surface area (Å²) >= 11 is 0. The van der Waals surface area contributed by atoms with E-state index in [0.29, 0.717) is 0 Å². The largest absolute Gasteiger partial charge is 0.454 e. The van der Waals surface area contributed by atoms with Crippen LogP contribution < -0.4 is 14.8 Å². The highest BCUT2D eigenvalue weighted by Gasteiger charge is 2.51. The van der Waals surface area contributed by atoms with Gasteiger partial charge in [-0.3, -0.25) is 4.79 Å². The van der Waals surface area contributed by atoms with E-state index in [0.717, 1.165) is 42.0 Å². The van der Waals surface area contributed by atoms with Crippen LogP contribution in [0.25, 0.3) is 5.57 Å². The molecule has 0 atom stereocenters. The Morgan fingerprint density at radius 1 is 1.03 bits per heavy atom.